The van der Waals surface area contributed by atoms with Gasteiger partial charge in [0.05, 0.1) is 11.2 Å². The Labute approximate surface area is 98.5 Å². The highest BCUT2D eigenvalue weighted by molar-refractivity contribution is 6.51. The van der Waals surface area contributed by atoms with E-state index in [4.69, 9.17) is 9.31 Å². The highest BCUT2D eigenvalue weighted by Crippen LogP contribution is 2.54. The summed E-state index contributed by atoms with van der Waals surface area (Å²) in [6, 6.07) is 0. The lowest BCUT2D eigenvalue weighted by Crippen LogP contribution is -2.41. The monoisotopic (exact) mass is 220 g/mol. The lowest BCUT2D eigenvalue weighted by atomic mass is 9.86. The summed E-state index contributed by atoms with van der Waals surface area (Å²) in [4.78, 5) is 0. The smallest absolute Gasteiger partial charge is 0.400 e. The predicted octanol–water partition coefficient (Wildman–Crippen LogP) is 2.97. The molecule has 16 heavy (non-hydrogen) atoms. The Morgan fingerprint density at radius 2 is 1.56 bits per heavy atom. The molecule has 2 unspecified atom stereocenters. The summed E-state index contributed by atoms with van der Waals surface area (Å²) in [5, 5.41) is 0. The Kier molecular flexibility index (Phi) is 2.13. The second kappa shape index (κ2) is 3.14. The van der Waals surface area contributed by atoms with Crippen LogP contribution in [0.5, 0.6) is 0 Å². The molecule has 1 aliphatic heterocycles. The lowest BCUT2D eigenvalue weighted by molar-refractivity contribution is 0.00578. The van der Waals surface area contributed by atoms with Crippen molar-refractivity contribution in [1.29, 1.82) is 0 Å². The summed E-state index contributed by atoms with van der Waals surface area (Å²) in [6.45, 7) is 8.44. The first-order valence-corrected chi connectivity index (χ1v) is 6.43. The van der Waals surface area contributed by atoms with Gasteiger partial charge in [-0.15, -0.1) is 0 Å². The van der Waals surface area contributed by atoms with Crippen LogP contribution in [0.2, 0.25) is 0 Å². The molecule has 3 heteroatoms. The quantitative estimate of drug-likeness (QED) is 0.632. The summed E-state index contributed by atoms with van der Waals surface area (Å²) >= 11 is 0. The zero-order valence-electron chi connectivity index (χ0n) is 10.7. The van der Waals surface area contributed by atoms with Gasteiger partial charge < -0.3 is 9.31 Å². The van der Waals surface area contributed by atoms with Crippen molar-refractivity contribution in [3.05, 3.63) is 11.5 Å². The van der Waals surface area contributed by atoms with Gasteiger partial charge in [0.15, 0.2) is 0 Å². The molecule has 0 radical (unpaired) electrons. The molecule has 0 aromatic carbocycles. The van der Waals surface area contributed by atoms with E-state index >= 15 is 0 Å². The Morgan fingerprint density at radius 3 is 2.06 bits per heavy atom. The van der Waals surface area contributed by atoms with Gasteiger partial charge in [-0.05, 0) is 58.8 Å². The Morgan fingerprint density at radius 1 is 1.06 bits per heavy atom. The second-order valence-corrected chi connectivity index (χ2v) is 6.61. The maximum absolute atomic E-state index is 5.98. The summed E-state index contributed by atoms with van der Waals surface area (Å²) < 4.78 is 12.0. The molecule has 0 bridgehead atoms. The molecule has 0 amide bonds. The molecule has 0 aromatic rings. The average molecular weight is 220 g/mol. The Hall–Kier alpha value is -0.275. The van der Waals surface area contributed by atoms with Crippen LogP contribution >= 0.6 is 0 Å². The van der Waals surface area contributed by atoms with E-state index in [2.05, 4.69) is 33.7 Å². The van der Waals surface area contributed by atoms with E-state index in [9.17, 15) is 0 Å². The van der Waals surface area contributed by atoms with E-state index in [0.29, 0.717) is 0 Å². The third kappa shape index (κ3) is 1.65. The van der Waals surface area contributed by atoms with Crippen molar-refractivity contribution < 1.29 is 9.31 Å². The summed E-state index contributed by atoms with van der Waals surface area (Å²) in [5.41, 5.74) is 1.16. The van der Waals surface area contributed by atoms with Gasteiger partial charge in [-0.2, -0.15) is 0 Å². The maximum Gasteiger partial charge on any atom is 0.487 e. The molecule has 0 aromatic heterocycles. The van der Waals surface area contributed by atoms with E-state index in [1.165, 1.54) is 19.3 Å². The topological polar surface area (TPSA) is 18.5 Å². The number of fused-ring (bicyclic) bond motifs is 1. The van der Waals surface area contributed by atoms with Crippen LogP contribution in [0.3, 0.4) is 0 Å². The van der Waals surface area contributed by atoms with Crippen LogP contribution in [0.15, 0.2) is 11.5 Å². The standard InChI is InChI=1S/C13H21BO2/c1-12(2)13(3,4)16-14(15-12)8-9-5-10-7-11(10)6-9/h8,10-11H,5-7H2,1-4H3. The van der Waals surface area contributed by atoms with Gasteiger partial charge in [0.2, 0.25) is 0 Å². The van der Waals surface area contributed by atoms with Crippen LogP contribution < -0.4 is 0 Å². The van der Waals surface area contributed by atoms with Gasteiger partial charge in [-0.1, -0.05) is 11.5 Å². The molecule has 0 spiro atoms. The average Bonchev–Trinajstić information content (AvgIpc) is 2.64. The van der Waals surface area contributed by atoms with E-state index in [-0.39, 0.29) is 18.3 Å². The van der Waals surface area contributed by atoms with Crippen LogP contribution in [0, 0.1) is 11.8 Å². The van der Waals surface area contributed by atoms with E-state index in [0.717, 1.165) is 11.8 Å². The van der Waals surface area contributed by atoms with Gasteiger partial charge in [-0.3, -0.25) is 0 Å². The SMILES string of the molecule is CC1(C)OB(C=C2CC3CC3C2)OC1(C)C. The van der Waals surface area contributed by atoms with Crippen molar-refractivity contribution >= 4 is 7.12 Å². The van der Waals surface area contributed by atoms with Crippen LogP contribution in [-0.2, 0) is 9.31 Å². The Balaban J connectivity index is 1.70. The summed E-state index contributed by atoms with van der Waals surface area (Å²) in [5.74, 6) is 4.21. The zero-order valence-corrected chi connectivity index (χ0v) is 10.7. The van der Waals surface area contributed by atoms with Gasteiger partial charge in [0.25, 0.3) is 0 Å². The highest BCUT2D eigenvalue weighted by atomic mass is 16.7. The van der Waals surface area contributed by atoms with Crippen molar-refractivity contribution in [2.24, 2.45) is 11.8 Å². The van der Waals surface area contributed by atoms with Crippen LogP contribution in [0.4, 0.5) is 0 Å². The zero-order chi connectivity index (χ0) is 11.6. The number of allylic oxidation sites excluding steroid dienone is 1. The molecule has 2 saturated carbocycles. The van der Waals surface area contributed by atoms with Crippen molar-refractivity contribution in [1.82, 2.24) is 0 Å². The summed E-state index contributed by atoms with van der Waals surface area (Å²) in [6.07, 6.45) is 4.03. The van der Waals surface area contributed by atoms with Gasteiger partial charge >= 0.3 is 7.12 Å². The molecule has 1 saturated heterocycles. The van der Waals surface area contributed by atoms with Crippen molar-refractivity contribution in [3.63, 3.8) is 0 Å². The molecule has 1 heterocycles. The fourth-order valence-corrected chi connectivity index (χ4v) is 2.85. The number of hydrogen-bond donors (Lipinski definition) is 0. The number of rotatable bonds is 1. The van der Waals surface area contributed by atoms with Gasteiger partial charge in [0.1, 0.15) is 0 Å². The van der Waals surface area contributed by atoms with Crippen molar-refractivity contribution in [2.75, 3.05) is 0 Å². The molecule has 0 N–H and O–H groups in total. The van der Waals surface area contributed by atoms with Crippen molar-refractivity contribution in [3.8, 4) is 0 Å². The lowest BCUT2D eigenvalue weighted by Gasteiger charge is -2.32. The third-order valence-corrected chi connectivity index (χ3v) is 4.76. The fraction of sp³-hybridized carbons (Fsp3) is 0.846. The first kappa shape index (κ1) is 10.9. The molecule has 3 rings (SSSR count). The van der Waals surface area contributed by atoms with E-state index in [1.807, 2.05) is 0 Å². The molecule has 2 nitrogen and oxygen atoms in total. The molecule has 88 valence electrons. The Bertz CT molecular complexity index is 318. The normalized spacial score (nSPS) is 38.8. The molecule has 3 aliphatic rings. The summed E-state index contributed by atoms with van der Waals surface area (Å²) in [7, 11) is -0.127. The highest BCUT2D eigenvalue weighted by Gasteiger charge is 2.51. The van der Waals surface area contributed by atoms with Crippen LogP contribution in [-0.4, -0.2) is 18.3 Å². The largest absolute Gasteiger partial charge is 0.487 e. The predicted molar refractivity (Wildman–Crippen MR) is 65.0 cm³/mol. The fourth-order valence-electron chi connectivity index (χ4n) is 2.85. The molecule has 3 fully saturated rings. The molecule has 2 atom stereocenters. The van der Waals surface area contributed by atoms with Gasteiger partial charge in [-0.25, -0.2) is 0 Å². The minimum absolute atomic E-state index is 0.127. The van der Waals surface area contributed by atoms with Gasteiger partial charge in [0, 0.05) is 0 Å². The minimum atomic E-state index is -0.198. The third-order valence-electron chi connectivity index (χ3n) is 4.76. The maximum atomic E-state index is 5.98. The van der Waals surface area contributed by atoms with Crippen molar-refractivity contribution in [2.45, 2.75) is 58.2 Å². The molecular formula is C13H21BO2. The number of hydrogen-bond acceptors (Lipinski definition) is 2. The van der Waals surface area contributed by atoms with E-state index < -0.39 is 0 Å². The first-order valence-electron chi connectivity index (χ1n) is 6.43. The van der Waals surface area contributed by atoms with E-state index in [1.54, 1.807) is 5.57 Å². The molecule has 2 aliphatic carbocycles. The minimum Gasteiger partial charge on any atom is -0.400 e. The first-order chi connectivity index (χ1) is 7.37. The molecular weight excluding hydrogens is 199 g/mol. The van der Waals surface area contributed by atoms with Crippen LogP contribution in [0.1, 0.15) is 47.0 Å². The second-order valence-electron chi connectivity index (χ2n) is 6.61. The van der Waals surface area contributed by atoms with Crippen LogP contribution in [0.25, 0.3) is 0 Å².